The second kappa shape index (κ2) is 10.6. The number of halogens is 3. The quantitative estimate of drug-likeness (QED) is 0.419. The van der Waals surface area contributed by atoms with Gasteiger partial charge in [0.15, 0.2) is 0 Å². The molecule has 1 aliphatic rings. The number of hydrogen-bond donors (Lipinski definition) is 0. The van der Waals surface area contributed by atoms with Gasteiger partial charge in [-0.3, -0.25) is 4.18 Å². The van der Waals surface area contributed by atoms with Gasteiger partial charge >= 0.3 is 15.6 Å². The molecule has 1 aliphatic heterocycles. The lowest BCUT2D eigenvalue weighted by molar-refractivity contribution is -0.165. The number of hydrogen-bond acceptors (Lipinski definition) is 6. The molecule has 6 nitrogen and oxygen atoms in total. The van der Waals surface area contributed by atoms with E-state index in [2.05, 4.69) is 4.18 Å². The van der Waals surface area contributed by atoms with E-state index < -0.39 is 33.9 Å². The predicted molar refractivity (Wildman–Crippen MR) is 105 cm³/mol. The topological polar surface area (TPSA) is 71.1 Å². The summed E-state index contributed by atoms with van der Waals surface area (Å²) in [6.07, 6.45) is -2.68. The van der Waals surface area contributed by atoms with Crippen LogP contribution in [0.5, 0.6) is 0 Å². The Hall–Kier alpha value is -1.98. The zero-order valence-electron chi connectivity index (χ0n) is 16.5. The summed E-state index contributed by atoms with van der Waals surface area (Å²) in [5.41, 5.74) is -3.68. The highest BCUT2D eigenvalue weighted by molar-refractivity contribution is 7.87. The molecule has 1 heterocycles. The predicted octanol–water partition coefficient (Wildman–Crippen LogP) is 3.81. The average Bonchev–Trinajstić information content (AvgIpc) is 2.74. The lowest BCUT2D eigenvalue weighted by Gasteiger charge is -2.35. The minimum atomic E-state index is -5.73. The first kappa shape index (κ1) is 23.7. The third-order valence-electron chi connectivity index (χ3n) is 4.65. The molecule has 10 heteroatoms. The molecule has 3 atom stereocenters. The van der Waals surface area contributed by atoms with Crippen LogP contribution in [0.1, 0.15) is 17.5 Å². The van der Waals surface area contributed by atoms with Crippen LogP contribution in [0.3, 0.4) is 0 Å². The Morgan fingerprint density at radius 3 is 2.10 bits per heavy atom. The molecule has 170 valence electrons. The van der Waals surface area contributed by atoms with Gasteiger partial charge < -0.3 is 14.2 Å². The van der Waals surface area contributed by atoms with Crippen molar-refractivity contribution in [3.63, 3.8) is 0 Å². The molecule has 0 N–H and O–H groups in total. The minimum Gasteiger partial charge on any atom is -0.374 e. The fraction of sp³-hybridized carbons (Fsp3) is 0.429. The van der Waals surface area contributed by atoms with Gasteiger partial charge in [0, 0.05) is 6.42 Å². The molecule has 0 aromatic heterocycles. The van der Waals surface area contributed by atoms with Gasteiger partial charge in [0.05, 0.1) is 32.5 Å². The number of benzene rings is 2. The molecule has 0 aliphatic carbocycles. The Balaban J connectivity index is 1.61. The summed E-state index contributed by atoms with van der Waals surface area (Å²) < 4.78 is 82.1. The third kappa shape index (κ3) is 7.01. The summed E-state index contributed by atoms with van der Waals surface area (Å²) in [6.45, 7) is 0.324. The molecule has 3 rings (SSSR count). The molecule has 0 radical (unpaired) electrons. The first-order chi connectivity index (χ1) is 14.7. The zero-order valence-corrected chi connectivity index (χ0v) is 17.3. The lowest BCUT2D eigenvalue weighted by Crippen LogP contribution is -2.47. The van der Waals surface area contributed by atoms with E-state index in [0.29, 0.717) is 6.61 Å². The van der Waals surface area contributed by atoms with Gasteiger partial charge in [0.25, 0.3) is 0 Å². The van der Waals surface area contributed by atoms with Gasteiger partial charge in [-0.25, -0.2) is 0 Å². The average molecular weight is 460 g/mol. The summed E-state index contributed by atoms with van der Waals surface area (Å²) in [6, 6.07) is 18.6. The van der Waals surface area contributed by atoms with Crippen LogP contribution in [0.15, 0.2) is 60.7 Å². The molecule has 31 heavy (non-hydrogen) atoms. The number of ether oxygens (including phenoxy) is 3. The molecule has 1 fully saturated rings. The van der Waals surface area contributed by atoms with E-state index in [9.17, 15) is 21.6 Å². The molecule has 0 saturated carbocycles. The van der Waals surface area contributed by atoms with Crippen molar-refractivity contribution in [3.8, 4) is 0 Å². The Labute approximate surface area is 179 Å². The third-order valence-corrected chi connectivity index (χ3v) is 5.75. The van der Waals surface area contributed by atoms with Crippen LogP contribution < -0.4 is 0 Å². The Bertz CT molecular complexity index is 906. The first-order valence-corrected chi connectivity index (χ1v) is 11.0. The van der Waals surface area contributed by atoms with Crippen LogP contribution in [0.2, 0.25) is 0 Å². The number of alkyl halides is 3. The van der Waals surface area contributed by atoms with E-state index in [1.807, 2.05) is 60.7 Å². The van der Waals surface area contributed by atoms with Gasteiger partial charge in [-0.2, -0.15) is 21.6 Å². The van der Waals surface area contributed by atoms with E-state index in [0.717, 1.165) is 11.1 Å². The summed E-state index contributed by atoms with van der Waals surface area (Å²) in [5.74, 6) is 0. The molecular weight excluding hydrogens is 437 g/mol. The van der Waals surface area contributed by atoms with Gasteiger partial charge in [0.1, 0.15) is 12.2 Å². The van der Waals surface area contributed by atoms with Crippen molar-refractivity contribution in [1.29, 1.82) is 0 Å². The van der Waals surface area contributed by atoms with Gasteiger partial charge in [-0.1, -0.05) is 60.7 Å². The maximum atomic E-state index is 12.7. The first-order valence-electron chi connectivity index (χ1n) is 9.63. The van der Waals surface area contributed by atoms with E-state index >= 15 is 0 Å². The molecule has 1 saturated heterocycles. The normalized spacial score (nSPS) is 22.4. The highest BCUT2D eigenvalue weighted by Gasteiger charge is 2.49. The van der Waals surface area contributed by atoms with Crippen molar-refractivity contribution >= 4 is 10.1 Å². The maximum absolute atomic E-state index is 12.7. The SMILES string of the molecule is O=S(=O)(O[C@@H]1CO[C@H](COCc2ccccc2)[C@@H](OCc2ccccc2)C1)C(F)(F)F. The fourth-order valence-corrected chi connectivity index (χ4v) is 3.69. The Morgan fingerprint density at radius 2 is 1.52 bits per heavy atom. The van der Waals surface area contributed by atoms with Crippen molar-refractivity contribution in [1.82, 2.24) is 0 Å². The van der Waals surface area contributed by atoms with Crippen LogP contribution in [0.25, 0.3) is 0 Å². The van der Waals surface area contributed by atoms with Crippen LogP contribution in [0.4, 0.5) is 13.2 Å². The highest BCUT2D eigenvalue weighted by Crippen LogP contribution is 2.29. The van der Waals surface area contributed by atoms with E-state index in [1.54, 1.807) is 0 Å². The molecule has 0 amide bonds. The molecule has 2 aromatic carbocycles. The van der Waals surface area contributed by atoms with Gasteiger partial charge in [-0.05, 0) is 11.1 Å². The standard InChI is InChI=1S/C21H23F3O6S/c22-21(23,24)31(25,26)30-18-11-19(28-13-17-9-5-2-6-10-17)20(29-14-18)15-27-12-16-7-3-1-4-8-16/h1-10,18-20H,11-15H2/t18-,19-,20+/m0/s1. The van der Waals surface area contributed by atoms with Crippen molar-refractivity contribution in [2.45, 2.75) is 43.5 Å². The molecule has 0 bridgehead atoms. The van der Waals surface area contributed by atoms with Crippen LogP contribution >= 0.6 is 0 Å². The summed E-state index contributed by atoms with van der Waals surface area (Å²) in [7, 11) is -5.73. The summed E-state index contributed by atoms with van der Waals surface area (Å²) in [5, 5.41) is 0. The maximum Gasteiger partial charge on any atom is 0.523 e. The largest absolute Gasteiger partial charge is 0.523 e. The fourth-order valence-electron chi connectivity index (χ4n) is 3.09. The van der Waals surface area contributed by atoms with E-state index in [1.165, 1.54) is 0 Å². The van der Waals surface area contributed by atoms with E-state index in [-0.39, 0.29) is 26.2 Å². The van der Waals surface area contributed by atoms with Crippen molar-refractivity contribution in [2.24, 2.45) is 0 Å². The molecule has 2 aromatic rings. The van der Waals surface area contributed by atoms with E-state index in [4.69, 9.17) is 14.2 Å². The molecular formula is C21H23F3O6S. The van der Waals surface area contributed by atoms with Crippen molar-refractivity contribution in [3.05, 3.63) is 71.8 Å². The summed E-state index contributed by atoms with van der Waals surface area (Å²) >= 11 is 0. The smallest absolute Gasteiger partial charge is 0.374 e. The second-order valence-electron chi connectivity index (χ2n) is 7.06. The Morgan fingerprint density at radius 1 is 0.935 bits per heavy atom. The summed E-state index contributed by atoms with van der Waals surface area (Å²) in [4.78, 5) is 0. The van der Waals surface area contributed by atoms with Crippen molar-refractivity contribution < 1.29 is 40.0 Å². The van der Waals surface area contributed by atoms with Crippen LogP contribution in [-0.4, -0.2) is 45.5 Å². The zero-order chi connectivity index (χ0) is 22.3. The highest BCUT2D eigenvalue weighted by atomic mass is 32.2. The van der Waals surface area contributed by atoms with Crippen LogP contribution in [0, 0.1) is 0 Å². The second-order valence-corrected chi connectivity index (χ2v) is 8.62. The molecule has 0 unspecified atom stereocenters. The van der Waals surface area contributed by atoms with Gasteiger partial charge in [0.2, 0.25) is 0 Å². The van der Waals surface area contributed by atoms with Gasteiger partial charge in [-0.15, -0.1) is 0 Å². The minimum absolute atomic E-state index is 0.0818. The molecule has 0 spiro atoms. The Kier molecular flexibility index (Phi) is 8.06. The monoisotopic (exact) mass is 460 g/mol. The van der Waals surface area contributed by atoms with Crippen LogP contribution in [-0.2, 0) is 41.7 Å². The van der Waals surface area contributed by atoms with Crippen molar-refractivity contribution in [2.75, 3.05) is 13.2 Å². The number of rotatable bonds is 9. The lowest BCUT2D eigenvalue weighted by atomic mass is 10.0.